The lowest BCUT2D eigenvalue weighted by Gasteiger charge is -2.40. The van der Waals surface area contributed by atoms with Gasteiger partial charge < -0.3 is 19.0 Å². The smallest absolute Gasteiger partial charge is 0.354 e. The van der Waals surface area contributed by atoms with E-state index in [-0.39, 0.29) is 69.4 Å². The number of hydrogen-bond acceptors (Lipinski definition) is 7. The van der Waals surface area contributed by atoms with Crippen molar-refractivity contribution in [3.8, 4) is 5.75 Å². The van der Waals surface area contributed by atoms with Gasteiger partial charge in [-0.3, -0.25) is 14.2 Å². The molecule has 5 heterocycles. The Balaban J connectivity index is 1.70. The average molecular weight is 558 g/mol. The van der Waals surface area contributed by atoms with Crippen LogP contribution in [0.1, 0.15) is 25.5 Å². The first-order valence-corrected chi connectivity index (χ1v) is 13.3. The Morgan fingerprint density at radius 1 is 1.17 bits per heavy atom. The lowest BCUT2D eigenvalue weighted by Crippen LogP contribution is -2.56. The maximum Gasteiger partial charge on any atom is 0.354 e. The van der Waals surface area contributed by atoms with Crippen LogP contribution in [0.25, 0.3) is 38.4 Å². The molecule has 3 aromatic heterocycles. The first-order valence-electron chi connectivity index (χ1n) is 13.3. The van der Waals surface area contributed by atoms with Crippen LogP contribution in [0.3, 0.4) is 0 Å². The second-order valence-corrected chi connectivity index (χ2v) is 10.6. The highest BCUT2D eigenvalue weighted by Crippen LogP contribution is 2.42. The van der Waals surface area contributed by atoms with E-state index in [1.54, 1.807) is 23.2 Å². The number of fused-ring (bicyclic) bond motifs is 7. The molecule has 7 rings (SSSR count). The molecule has 5 aromatic rings. The van der Waals surface area contributed by atoms with E-state index in [1.165, 1.54) is 28.7 Å². The zero-order valence-electron chi connectivity index (χ0n) is 22.4. The van der Waals surface area contributed by atoms with Crippen LogP contribution < -0.4 is 15.3 Å². The fourth-order valence-corrected chi connectivity index (χ4v) is 5.99. The molecule has 208 valence electrons. The summed E-state index contributed by atoms with van der Waals surface area (Å²) in [5.74, 6) is -1.74. The van der Waals surface area contributed by atoms with Gasteiger partial charge in [-0.2, -0.15) is 4.98 Å². The van der Waals surface area contributed by atoms with Crippen LogP contribution in [0.4, 0.5) is 14.6 Å². The van der Waals surface area contributed by atoms with Crippen molar-refractivity contribution in [1.29, 1.82) is 0 Å². The van der Waals surface area contributed by atoms with Crippen LogP contribution >= 0.6 is 0 Å². The molecule has 41 heavy (non-hydrogen) atoms. The molecule has 1 atom stereocenters. The van der Waals surface area contributed by atoms with Crippen molar-refractivity contribution in [2.45, 2.75) is 25.8 Å². The Bertz CT molecular complexity index is 2030. The lowest BCUT2D eigenvalue weighted by molar-refractivity contribution is -0.126. The predicted molar refractivity (Wildman–Crippen MR) is 150 cm³/mol. The van der Waals surface area contributed by atoms with Gasteiger partial charge in [-0.15, -0.1) is 0 Å². The number of pyridine rings is 1. The zero-order valence-corrected chi connectivity index (χ0v) is 22.4. The molecule has 11 heteroatoms. The Kier molecular flexibility index (Phi) is 5.60. The van der Waals surface area contributed by atoms with E-state index < -0.39 is 23.4 Å². The number of rotatable bonds is 2. The van der Waals surface area contributed by atoms with E-state index in [0.717, 1.165) is 0 Å². The number of amides is 1. The summed E-state index contributed by atoms with van der Waals surface area (Å²) in [5.41, 5.74) is 0.881. The monoisotopic (exact) mass is 557 g/mol. The summed E-state index contributed by atoms with van der Waals surface area (Å²) in [7, 11) is 0. The van der Waals surface area contributed by atoms with Gasteiger partial charge in [0.1, 0.15) is 29.3 Å². The molecule has 1 fully saturated rings. The minimum atomic E-state index is -0.798. The molecule has 0 radical (unpaired) electrons. The van der Waals surface area contributed by atoms with Crippen LogP contribution in [0.15, 0.2) is 58.4 Å². The maximum atomic E-state index is 16.5. The number of hydrogen-bond donors (Lipinski definition) is 0. The highest BCUT2D eigenvalue weighted by molar-refractivity contribution is 6.06. The van der Waals surface area contributed by atoms with Gasteiger partial charge in [0, 0.05) is 37.3 Å². The van der Waals surface area contributed by atoms with Crippen molar-refractivity contribution in [3.05, 3.63) is 77.0 Å². The van der Waals surface area contributed by atoms with Crippen molar-refractivity contribution < 1.29 is 22.7 Å². The Morgan fingerprint density at radius 3 is 2.78 bits per heavy atom. The number of aromatic nitrogens is 3. The van der Waals surface area contributed by atoms with Crippen LogP contribution in [0.5, 0.6) is 5.75 Å². The summed E-state index contributed by atoms with van der Waals surface area (Å²) in [6.45, 7) is 8.42. The van der Waals surface area contributed by atoms with E-state index in [2.05, 4.69) is 16.5 Å². The standard InChI is InChI=1S/C30H25F2N5O4/c1-4-22(38)35-10-11-36-16(13-35)14-40-28-24-19-12-17(25(28)32)23-18(31)6-5-7-20(23)41-21-8-9-33-26(15(2)3)27(21)37(19)30(39)34-29(24)36/h4-9,12,15-16H,1,10-11,13-14H2,2-3H3. The molecule has 1 unspecified atom stereocenters. The van der Waals surface area contributed by atoms with Crippen molar-refractivity contribution >= 4 is 50.1 Å². The van der Waals surface area contributed by atoms with E-state index in [9.17, 15) is 9.59 Å². The van der Waals surface area contributed by atoms with E-state index >= 15 is 8.78 Å². The first-order chi connectivity index (χ1) is 19.8. The van der Waals surface area contributed by atoms with Gasteiger partial charge in [0.2, 0.25) is 5.91 Å². The van der Waals surface area contributed by atoms with E-state index in [1.807, 2.05) is 18.7 Å². The van der Waals surface area contributed by atoms with Crippen LogP contribution in [-0.4, -0.2) is 57.5 Å². The SMILES string of the molecule is C=CC(=O)N1CCN2c3nc(=O)n4c5cc(c(F)c(c35)OCC2C1)c1c(F)cccc1oc1ccnc(C(C)C)c14. The highest BCUT2D eigenvalue weighted by Gasteiger charge is 2.36. The number of halogens is 2. The third-order valence-electron chi connectivity index (χ3n) is 7.87. The quantitative estimate of drug-likeness (QED) is 0.291. The molecule has 1 amide bonds. The van der Waals surface area contributed by atoms with Crippen LogP contribution in [-0.2, 0) is 4.79 Å². The number of ether oxygens (including phenoxy) is 1. The maximum absolute atomic E-state index is 16.5. The summed E-state index contributed by atoms with van der Waals surface area (Å²) < 4.78 is 45.7. The fourth-order valence-electron chi connectivity index (χ4n) is 5.99. The van der Waals surface area contributed by atoms with Crippen LogP contribution in [0.2, 0.25) is 0 Å². The predicted octanol–water partition coefficient (Wildman–Crippen LogP) is 4.70. The van der Waals surface area contributed by atoms with Crippen LogP contribution in [0, 0.1) is 11.6 Å². The summed E-state index contributed by atoms with van der Waals surface area (Å²) >= 11 is 0. The normalized spacial score (nSPS) is 16.8. The summed E-state index contributed by atoms with van der Waals surface area (Å²) in [6, 6.07) is 6.90. The second kappa shape index (κ2) is 9.12. The van der Waals surface area contributed by atoms with Gasteiger partial charge in [-0.1, -0.05) is 26.5 Å². The number of nitrogens with zero attached hydrogens (tertiary/aromatic N) is 5. The van der Waals surface area contributed by atoms with Gasteiger partial charge in [-0.05, 0) is 30.2 Å². The summed E-state index contributed by atoms with van der Waals surface area (Å²) in [4.78, 5) is 38.9. The number of benzene rings is 2. The fraction of sp³-hybridized carbons (Fsp3) is 0.267. The van der Waals surface area contributed by atoms with Gasteiger partial charge >= 0.3 is 5.69 Å². The molecule has 1 saturated heterocycles. The van der Waals surface area contributed by atoms with Crippen molar-refractivity contribution in [2.24, 2.45) is 0 Å². The Morgan fingerprint density at radius 2 is 2.00 bits per heavy atom. The topological polar surface area (TPSA) is 93.2 Å². The lowest BCUT2D eigenvalue weighted by atomic mass is 10.1. The highest BCUT2D eigenvalue weighted by atomic mass is 19.1. The molecule has 0 N–H and O–H groups in total. The van der Waals surface area contributed by atoms with Gasteiger partial charge in [-0.25, -0.2) is 13.6 Å². The molecule has 2 aliphatic heterocycles. The molecule has 9 nitrogen and oxygen atoms in total. The number of carbonyl (C=O) groups excluding carboxylic acids is 1. The summed E-state index contributed by atoms with van der Waals surface area (Å²) in [5, 5.41) is 0.0758. The first kappa shape index (κ1) is 25.2. The average Bonchev–Trinajstić information content (AvgIpc) is 3.08. The van der Waals surface area contributed by atoms with Gasteiger partial charge in [0.05, 0.1) is 28.0 Å². The Labute approximate surface area is 231 Å². The van der Waals surface area contributed by atoms with Gasteiger partial charge in [0.25, 0.3) is 0 Å². The number of anilines is 1. The molecule has 0 spiro atoms. The Hall–Kier alpha value is -4.80. The molecule has 0 aliphatic carbocycles. The molecular formula is C30H25F2N5O4. The minimum absolute atomic E-state index is 0.0109. The molecular weight excluding hydrogens is 532 g/mol. The number of carbonyl (C=O) groups is 1. The third kappa shape index (κ3) is 3.64. The molecule has 2 aromatic carbocycles. The largest absolute Gasteiger partial charge is 0.487 e. The van der Waals surface area contributed by atoms with Crippen molar-refractivity contribution in [3.63, 3.8) is 0 Å². The number of piperazine rings is 1. The third-order valence-corrected chi connectivity index (χ3v) is 7.87. The van der Waals surface area contributed by atoms with E-state index in [0.29, 0.717) is 24.3 Å². The molecule has 0 saturated carbocycles. The minimum Gasteiger partial charge on any atom is -0.487 e. The van der Waals surface area contributed by atoms with Crippen molar-refractivity contribution in [1.82, 2.24) is 19.3 Å². The zero-order chi connectivity index (χ0) is 28.6. The second-order valence-electron chi connectivity index (χ2n) is 10.6. The molecule has 2 aliphatic rings. The molecule has 2 bridgehead atoms. The van der Waals surface area contributed by atoms with Crippen molar-refractivity contribution in [2.75, 3.05) is 31.1 Å². The van der Waals surface area contributed by atoms with Gasteiger partial charge in [0.15, 0.2) is 17.1 Å². The summed E-state index contributed by atoms with van der Waals surface area (Å²) in [6.07, 6.45) is 2.80. The van der Waals surface area contributed by atoms with E-state index in [4.69, 9.17) is 9.15 Å².